The fourth-order valence-corrected chi connectivity index (χ4v) is 2.19. The first kappa shape index (κ1) is 15.2. The molecule has 0 aliphatic heterocycles. The van der Waals surface area contributed by atoms with E-state index in [0.717, 1.165) is 6.42 Å². The van der Waals surface area contributed by atoms with Crippen LogP contribution >= 0.6 is 0 Å². The molecule has 0 spiro atoms. The summed E-state index contributed by atoms with van der Waals surface area (Å²) in [6.45, 7) is 6.04. The Morgan fingerprint density at radius 2 is 1.83 bits per heavy atom. The molecule has 102 valence electrons. The molecular formula is C16H26O2. The molecule has 0 bridgehead atoms. The largest absolute Gasteiger partial charge is 0.393 e. The minimum Gasteiger partial charge on any atom is -0.393 e. The zero-order valence-electron chi connectivity index (χ0n) is 11.8. The van der Waals surface area contributed by atoms with Crippen LogP contribution in [0.4, 0.5) is 0 Å². The second kappa shape index (κ2) is 8.28. The Morgan fingerprint density at radius 1 is 1.17 bits per heavy atom. The molecule has 2 nitrogen and oxygen atoms in total. The molecule has 3 atom stereocenters. The summed E-state index contributed by atoms with van der Waals surface area (Å²) in [5.41, 5.74) is 1.24. The van der Waals surface area contributed by atoms with Gasteiger partial charge in [-0.3, -0.25) is 0 Å². The first-order valence-corrected chi connectivity index (χ1v) is 7.02. The SMILES string of the molecule is CCCC[C@@H](O[C@H](C)C[C@@H](C)O)c1ccccc1. The first-order valence-electron chi connectivity index (χ1n) is 7.02. The van der Waals surface area contributed by atoms with E-state index in [1.807, 2.05) is 19.9 Å². The second-order valence-corrected chi connectivity index (χ2v) is 5.07. The average molecular weight is 250 g/mol. The molecule has 2 heteroatoms. The lowest BCUT2D eigenvalue weighted by Gasteiger charge is -2.23. The van der Waals surface area contributed by atoms with Crippen LogP contribution in [-0.4, -0.2) is 17.3 Å². The Morgan fingerprint density at radius 3 is 2.39 bits per heavy atom. The van der Waals surface area contributed by atoms with Crippen molar-refractivity contribution >= 4 is 0 Å². The van der Waals surface area contributed by atoms with Crippen LogP contribution in [0, 0.1) is 0 Å². The molecule has 1 rings (SSSR count). The van der Waals surface area contributed by atoms with E-state index >= 15 is 0 Å². The third-order valence-electron chi connectivity index (χ3n) is 3.06. The molecule has 0 unspecified atom stereocenters. The van der Waals surface area contributed by atoms with E-state index in [4.69, 9.17) is 4.74 Å². The Balaban J connectivity index is 2.61. The smallest absolute Gasteiger partial charge is 0.0828 e. The number of unbranched alkanes of at least 4 members (excludes halogenated alkanes) is 1. The van der Waals surface area contributed by atoms with Crippen LogP contribution < -0.4 is 0 Å². The third-order valence-corrected chi connectivity index (χ3v) is 3.06. The number of benzene rings is 1. The highest BCUT2D eigenvalue weighted by atomic mass is 16.5. The fraction of sp³-hybridized carbons (Fsp3) is 0.625. The highest BCUT2D eigenvalue weighted by Gasteiger charge is 2.16. The van der Waals surface area contributed by atoms with Gasteiger partial charge >= 0.3 is 0 Å². The molecule has 0 saturated carbocycles. The summed E-state index contributed by atoms with van der Waals surface area (Å²) in [5, 5.41) is 9.40. The van der Waals surface area contributed by atoms with E-state index in [-0.39, 0.29) is 18.3 Å². The molecular weight excluding hydrogens is 224 g/mol. The van der Waals surface area contributed by atoms with E-state index in [9.17, 15) is 5.11 Å². The first-order chi connectivity index (χ1) is 8.63. The number of aliphatic hydroxyl groups is 1. The lowest BCUT2D eigenvalue weighted by atomic mass is 10.0. The minimum absolute atomic E-state index is 0.0899. The van der Waals surface area contributed by atoms with Crippen molar-refractivity contribution in [1.29, 1.82) is 0 Å². The van der Waals surface area contributed by atoms with Crippen molar-refractivity contribution in [2.75, 3.05) is 0 Å². The summed E-state index contributed by atoms with van der Waals surface area (Å²) in [7, 11) is 0. The molecule has 0 aliphatic carbocycles. The number of aliphatic hydroxyl groups excluding tert-OH is 1. The van der Waals surface area contributed by atoms with Crippen molar-refractivity contribution in [3.8, 4) is 0 Å². The average Bonchev–Trinajstić information content (AvgIpc) is 2.34. The van der Waals surface area contributed by atoms with Crippen LogP contribution in [0.1, 0.15) is 58.1 Å². The maximum atomic E-state index is 9.40. The van der Waals surface area contributed by atoms with Crippen molar-refractivity contribution in [3.63, 3.8) is 0 Å². The van der Waals surface area contributed by atoms with Crippen molar-refractivity contribution in [3.05, 3.63) is 35.9 Å². The van der Waals surface area contributed by atoms with Crippen molar-refractivity contribution in [1.82, 2.24) is 0 Å². The predicted molar refractivity (Wildman–Crippen MR) is 75.6 cm³/mol. The number of ether oxygens (including phenoxy) is 1. The van der Waals surface area contributed by atoms with Gasteiger partial charge in [-0.2, -0.15) is 0 Å². The zero-order chi connectivity index (χ0) is 13.4. The second-order valence-electron chi connectivity index (χ2n) is 5.07. The fourth-order valence-electron chi connectivity index (χ4n) is 2.19. The van der Waals surface area contributed by atoms with Gasteiger partial charge < -0.3 is 9.84 Å². The van der Waals surface area contributed by atoms with Gasteiger partial charge in [-0.25, -0.2) is 0 Å². The maximum Gasteiger partial charge on any atom is 0.0828 e. The third kappa shape index (κ3) is 5.65. The molecule has 18 heavy (non-hydrogen) atoms. The van der Waals surface area contributed by atoms with Crippen molar-refractivity contribution < 1.29 is 9.84 Å². The van der Waals surface area contributed by atoms with Gasteiger partial charge in [-0.15, -0.1) is 0 Å². The topological polar surface area (TPSA) is 29.5 Å². The molecule has 0 saturated heterocycles. The predicted octanol–water partition coefficient (Wildman–Crippen LogP) is 4.09. The van der Waals surface area contributed by atoms with Gasteiger partial charge in [0.2, 0.25) is 0 Å². The van der Waals surface area contributed by atoms with E-state index in [0.29, 0.717) is 6.42 Å². The Bertz CT molecular complexity index is 308. The van der Waals surface area contributed by atoms with Gasteiger partial charge in [-0.1, -0.05) is 50.1 Å². The molecule has 0 aliphatic rings. The van der Waals surface area contributed by atoms with E-state index in [1.54, 1.807) is 0 Å². The van der Waals surface area contributed by atoms with E-state index in [1.165, 1.54) is 18.4 Å². The summed E-state index contributed by atoms with van der Waals surface area (Å²) in [6.07, 6.45) is 4.02. The lowest BCUT2D eigenvalue weighted by Crippen LogP contribution is -2.18. The van der Waals surface area contributed by atoms with E-state index < -0.39 is 0 Å². The quantitative estimate of drug-likeness (QED) is 0.753. The Kier molecular flexibility index (Phi) is 6.99. The molecule has 1 aromatic carbocycles. The van der Waals surface area contributed by atoms with Crippen molar-refractivity contribution in [2.45, 2.75) is 64.8 Å². The monoisotopic (exact) mass is 250 g/mol. The maximum absolute atomic E-state index is 9.40. The van der Waals surface area contributed by atoms with Crippen LogP contribution in [0.5, 0.6) is 0 Å². The van der Waals surface area contributed by atoms with Crippen LogP contribution in [0.25, 0.3) is 0 Å². The summed E-state index contributed by atoms with van der Waals surface area (Å²) in [5.74, 6) is 0. The molecule has 0 fully saturated rings. The number of hydrogen-bond donors (Lipinski definition) is 1. The Labute approximate surface area is 111 Å². The molecule has 1 aromatic rings. The summed E-state index contributed by atoms with van der Waals surface area (Å²) < 4.78 is 6.09. The summed E-state index contributed by atoms with van der Waals surface area (Å²) >= 11 is 0. The highest BCUT2D eigenvalue weighted by molar-refractivity contribution is 5.17. The minimum atomic E-state index is -0.303. The van der Waals surface area contributed by atoms with Crippen LogP contribution in [0.2, 0.25) is 0 Å². The Hall–Kier alpha value is -0.860. The molecule has 0 heterocycles. The standard InChI is InChI=1S/C16H26O2/c1-4-5-11-16(15-9-7-6-8-10-15)18-14(3)12-13(2)17/h6-10,13-14,16-17H,4-5,11-12H2,1-3H3/t13-,14-,16-/m1/s1. The van der Waals surface area contributed by atoms with Gasteiger partial charge in [0.1, 0.15) is 0 Å². The molecule has 1 N–H and O–H groups in total. The lowest BCUT2D eigenvalue weighted by molar-refractivity contribution is -0.0300. The molecule has 0 radical (unpaired) electrons. The van der Waals surface area contributed by atoms with Crippen LogP contribution in [0.15, 0.2) is 30.3 Å². The van der Waals surface area contributed by atoms with E-state index in [2.05, 4.69) is 31.2 Å². The number of rotatable bonds is 8. The van der Waals surface area contributed by atoms with Gasteiger partial charge in [0.05, 0.1) is 18.3 Å². The molecule has 0 aromatic heterocycles. The van der Waals surface area contributed by atoms with Crippen LogP contribution in [-0.2, 0) is 4.74 Å². The van der Waals surface area contributed by atoms with Crippen LogP contribution in [0.3, 0.4) is 0 Å². The molecule has 0 amide bonds. The van der Waals surface area contributed by atoms with Gasteiger partial charge in [0.15, 0.2) is 0 Å². The zero-order valence-corrected chi connectivity index (χ0v) is 11.8. The number of hydrogen-bond acceptors (Lipinski definition) is 2. The summed E-state index contributed by atoms with van der Waals surface area (Å²) in [4.78, 5) is 0. The normalized spacial score (nSPS) is 16.2. The van der Waals surface area contributed by atoms with Gasteiger partial charge in [0, 0.05) is 0 Å². The summed E-state index contributed by atoms with van der Waals surface area (Å²) in [6, 6.07) is 10.4. The van der Waals surface area contributed by atoms with Gasteiger partial charge in [0.25, 0.3) is 0 Å². The van der Waals surface area contributed by atoms with Crippen molar-refractivity contribution in [2.24, 2.45) is 0 Å². The highest BCUT2D eigenvalue weighted by Crippen LogP contribution is 2.25. The van der Waals surface area contributed by atoms with Gasteiger partial charge in [-0.05, 0) is 32.3 Å².